The van der Waals surface area contributed by atoms with Gasteiger partial charge in [0, 0.05) is 17.6 Å². The summed E-state index contributed by atoms with van der Waals surface area (Å²) >= 11 is 0. The topological polar surface area (TPSA) is 144 Å². The number of amides is 3. The monoisotopic (exact) mass is 527 g/mol. The third-order valence-corrected chi connectivity index (χ3v) is 7.57. The van der Waals surface area contributed by atoms with Gasteiger partial charge >= 0.3 is 0 Å². The molecule has 3 heterocycles. The Kier molecular flexibility index (Phi) is 6.60. The Morgan fingerprint density at radius 3 is 2.74 bits per heavy atom. The van der Waals surface area contributed by atoms with Gasteiger partial charge in [-0.1, -0.05) is 32.0 Å². The second-order valence-corrected chi connectivity index (χ2v) is 10.5. The molecule has 0 saturated carbocycles. The SMILES string of the molecule is COc1cc(C#N)cc2[nH]c(C(=O)N[C@@H](CC(C)C)C(=O)N3C[C@]4(C[C@H]3C=O)C(=O)Nc3ccccc34)cc12. The lowest BCUT2D eigenvalue weighted by Gasteiger charge is -2.28. The normalized spacial score (nSPS) is 20.5. The van der Waals surface area contributed by atoms with Crippen LogP contribution >= 0.6 is 0 Å². The Balaban J connectivity index is 1.43. The summed E-state index contributed by atoms with van der Waals surface area (Å²) < 4.78 is 5.38. The second kappa shape index (κ2) is 9.91. The highest BCUT2D eigenvalue weighted by atomic mass is 16.5. The van der Waals surface area contributed by atoms with Crippen LogP contribution in [0, 0.1) is 17.2 Å². The number of H-pyrrole nitrogens is 1. The van der Waals surface area contributed by atoms with E-state index in [9.17, 15) is 24.4 Å². The molecule has 5 rings (SSSR count). The van der Waals surface area contributed by atoms with Gasteiger partial charge in [0.1, 0.15) is 23.8 Å². The number of aldehydes is 1. The zero-order valence-electron chi connectivity index (χ0n) is 21.9. The molecule has 1 spiro atoms. The first kappa shape index (κ1) is 26.0. The number of para-hydroxylation sites is 1. The Hall–Kier alpha value is -4.65. The van der Waals surface area contributed by atoms with E-state index in [0.717, 1.165) is 5.56 Å². The summed E-state index contributed by atoms with van der Waals surface area (Å²) in [5.74, 6) is -0.656. The number of likely N-dealkylation sites (tertiary alicyclic amines) is 1. The Labute approximate surface area is 225 Å². The van der Waals surface area contributed by atoms with Crippen molar-refractivity contribution in [1.82, 2.24) is 15.2 Å². The molecular formula is C29H29N5O5. The van der Waals surface area contributed by atoms with Crippen LogP contribution in [-0.2, 0) is 19.8 Å². The molecule has 0 aliphatic carbocycles. The molecule has 0 unspecified atom stereocenters. The van der Waals surface area contributed by atoms with Crippen LogP contribution in [0.15, 0.2) is 42.5 Å². The predicted molar refractivity (Wildman–Crippen MR) is 143 cm³/mol. The van der Waals surface area contributed by atoms with E-state index in [4.69, 9.17) is 4.74 Å². The minimum absolute atomic E-state index is 0.0447. The largest absolute Gasteiger partial charge is 0.496 e. The van der Waals surface area contributed by atoms with Gasteiger partial charge in [-0.2, -0.15) is 5.26 Å². The summed E-state index contributed by atoms with van der Waals surface area (Å²) in [7, 11) is 1.48. The maximum Gasteiger partial charge on any atom is 0.268 e. The average molecular weight is 528 g/mol. The van der Waals surface area contributed by atoms with E-state index < -0.39 is 29.3 Å². The van der Waals surface area contributed by atoms with E-state index in [-0.39, 0.29) is 30.5 Å². The molecule has 2 aromatic carbocycles. The van der Waals surface area contributed by atoms with Crippen molar-refractivity contribution < 1.29 is 23.9 Å². The van der Waals surface area contributed by atoms with Crippen LogP contribution in [0.3, 0.4) is 0 Å². The molecular weight excluding hydrogens is 498 g/mol. The fourth-order valence-electron chi connectivity index (χ4n) is 5.73. The summed E-state index contributed by atoms with van der Waals surface area (Å²) in [4.78, 5) is 56.9. The van der Waals surface area contributed by atoms with E-state index in [0.29, 0.717) is 40.6 Å². The molecule has 0 bridgehead atoms. The van der Waals surface area contributed by atoms with Crippen molar-refractivity contribution in [2.45, 2.75) is 44.2 Å². The Bertz CT molecular complexity index is 1540. The maximum absolute atomic E-state index is 13.9. The average Bonchev–Trinajstić information content (AvgIpc) is 3.61. The van der Waals surface area contributed by atoms with Gasteiger partial charge in [0.05, 0.1) is 35.7 Å². The van der Waals surface area contributed by atoms with Crippen LogP contribution < -0.4 is 15.4 Å². The number of rotatable bonds is 7. The number of carbonyl (C=O) groups is 4. The molecule has 3 aromatic rings. The number of hydrogen-bond donors (Lipinski definition) is 3. The van der Waals surface area contributed by atoms with Gasteiger partial charge in [0.2, 0.25) is 11.8 Å². The van der Waals surface area contributed by atoms with E-state index in [2.05, 4.69) is 21.7 Å². The van der Waals surface area contributed by atoms with E-state index >= 15 is 0 Å². The summed E-state index contributed by atoms with van der Waals surface area (Å²) in [5.41, 5.74) is 1.57. The van der Waals surface area contributed by atoms with Gasteiger partial charge in [0.15, 0.2) is 0 Å². The zero-order chi connectivity index (χ0) is 27.9. The number of hydrogen-bond acceptors (Lipinski definition) is 6. The Morgan fingerprint density at radius 1 is 1.28 bits per heavy atom. The summed E-state index contributed by atoms with van der Waals surface area (Å²) in [6.07, 6.45) is 1.22. The van der Waals surface area contributed by atoms with Gasteiger partial charge in [-0.15, -0.1) is 0 Å². The zero-order valence-corrected chi connectivity index (χ0v) is 21.9. The first-order valence-corrected chi connectivity index (χ1v) is 12.8. The third-order valence-electron chi connectivity index (χ3n) is 7.57. The third kappa shape index (κ3) is 4.40. The first-order valence-electron chi connectivity index (χ1n) is 12.8. The molecule has 3 atom stereocenters. The van der Waals surface area contributed by atoms with Crippen LogP contribution in [0.5, 0.6) is 5.75 Å². The van der Waals surface area contributed by atoms with Crippen LogP contribution in [0.25, 0.3) is 10.9 Å². The van der Waals surface area contributed by atoms with E-state index in [1.807, 2.05) is 32.0 Å². The number of nitrogens with one attached hydrogen (secondary N) is 3. The molecule has 200 valence electrons. The van der Waals surface area contributed by atoms with Crippen molar-refractivity contribution >= 4 is 40.6 Å². The number of fused-ring (bicyclic) bond motifs is 3. The Morgan fingerprint density at radius 2 is 2.05 bits per heavy atom. The molecule has 1 saturated heterocycles. The van der Waals surface area contributed by atoms with Gasteiger partial charge in [-0.05, 0) is 48.6 Å². The van der Waals surface area contributed by atoms with Crippen molar-refractivity contribution in [3.8, 4) is 11.8 Å². The van der Waals surface area contributed by atoms with Crippen molar-refractivity contribution in [2.24, 2.45) is 5.92 Å². The highest BCUT2D eigenvalue weighted by molar-refractivity contribution is 6.08. The molecule has 3 N–H and O–H groups in total. The number of carbonyl (C=O) groups excluding carboxylic acids is 4. The van der Waals surface area contributed by atoms with Gasteiger partial charge in [-0.25, -0.2) is 0 Å². The van der Waals surface area contributed by atoms with E-state index in [1.165, 1.54) is 12.0 Å². The van der Waals surface area contributed by atoms with Crippen molar-refractivity contribution in [3.05, 3.63) is 59.3 Å². The summed E-state index contributed by atoms with van der Waals surface area (Å²) in [6, 6.07) is 12.5. The molecule has 10 nitrogen and oxygen atoms in total. The smallest absolute Gasteiger partial charge is 0.268 e. The quantitative estimate of drug-likeness (QED) is 0.403. The van der Waals surface area contributed by atoms with E-state index in [1.54, 1.807) is 24.3 Å². The maximum atomic E-state index is 13.9. The number of ether oxygens (including phenoxy) is 1. The minimum Gasteiger partial charge on any atom is -0.496 e. The van der Waals surface area contributed by atoms with Crippen LogP contribution in [0.2, 0.25) is 0 Å². The second-order valence-electron chi connectivity index (χ2n) is 10.5. The van der Waals surface area contributed by atoms with Crippen LogP contribution in [-0.4, -0.2) is 59.6 Å². The molecule has 2 aliphatic rings. The first-order chi connectivity index (χ1) is 18.7. The number of aromatic nitrogens is 1. The predicted octanol–water partition coefficient (Wildman–Crippen LogP) is 2.88. The number of nitrogens with zero attached hydrogens (tertiary/aromatic N) is 2. The lowest BCUT2D eigenvalue weighted by atomic mass is 9.80. The van der Waals surface area contributed by atoms with Crippen LogP contribution in [0.4, 0.5) is 5.69 Å². The lowest BCUT2D eigenvalue weighted by Crippen LogP contribution is -2.51. The van der Waals surface area contributed by atoms with Crippen molar-refractivity contribution in [3.63, 3.8) is 0 Å². The number of aromatic amines is 1. The van der Waals surface area contributed by atoms with Crippen LogP contribution in [0.1, 0.15) is 48.3 Å². The molecule has 3 amide bonds. The summed E-state index contributed by atoms with van der Waals surface area (Å²) in [6.45, 7) is 3.92. The van der Waals surface area contributed by atoms with Crippen molar-refractivity contribution in [1.29, 1.82) is 5.26 Å². The summed E-state index contributed by atoms with van der Waals surface area (Å²) in [5, 5.41) is 15.6. The van der Waals surface area contributed by atoms with Crippen molar-refractivity contribution in [2.75, 3.05) is 19.0 Å². The van der Waals surface area contributed by atoms with Gasteiger partial charge in [0.25, 0.3) is 5.91 Å². The number of benzene rings is 2. The fraction of sp³-hybridized carbons (Fsp3) is 0.345. The molecule has 2 aliphatic heterocycles. The highest BCUT2D eigenvalue weighted by Crippen LogP contribution is 2.46. The number of nitriles is 1. The number of methoxy groups -OCH3 is 1. The molecule has 39 heavy (non-hydrogen) atoms. The lowest BCUT2D eigenvalue weighted by molar-refractivity contribution is -0.137. The number of anilines is 1. The standard InChI is InChI=1S/C29H29N5O5/c1-16(2)8-24(32-26(36)23-11-19-22(31-23)9-17(13-30)10-25(19)39-3)27(37)34-15-29(12-18(34)14-35)20-6-4-5-7-21(20)33-28(29)38/h4-7,9-11,14,16,18,24,31H,8,12,15H2,1-3H3,(H,32,36)(H,33,38)/t18-,24-,29-/m0/s1. The molecule has 10 heteroatoms. The minimum atomic E-state index is -1.02. The molecule has 1 fully saturated rings. The molecule has 1 aromatic heterocycles. The van der Waals surface area contributed by atoms with Gasteiger partial charge in [-0.3, -0.25) is 14.4 Å². The van der Waals surface area contributed by atoms with Gasteiger partial charge < -0.3 is 30.0 Å². The molecule has 0 radical (unpaired) electrons. The fourth-order valence-corrected chi connectivity index (χ4v) is 5.73. The highest BCUT2D eigenvalue weighted by Gasteiger charge is 2.56.